The molecule has 5 rings (SSSR count). The highest BCUT2D eigenvalue weighted by atomic mass is 19.1. The number of piperazine rings is 1. The maximum absolute atomic E-state index is 13.5. The van der Waals surface area contributed by atoms with Gasteiger partial charge in [0.15, 0.2) is 5.76 Å². The smallest absolute Gasteiger partial charge is 0.293 e. The van der Waals surface area contributed by atoms with Crippen LogP contribution in [0.1, 0.15) is 33.7 Å². The highest BCUT2D eigenvalue weighted by Crippen LogP contribution is 2.27. The van der Waals surface area contributed by atoms with Crippen LogP contribution in [0.4, 0.5) is 4.39 Å². The molecule has 3 heterocycles. The number of fused-ring (bicyclic) bond motifs is 1. The maximum Gasteiger partial charge on any atom is 0.293 e. The summed E-state index contributed by atoms with van der Waals surface area (Å²) in [5, 5.41) is 5.03. The topological polar surface area (TPSA) is 84.5 Å². The van der Waals surface area contributed by atoms with Crippen molar-refractivity contribution in [1.29, 1.82) is 0 Å². The van der Waals surface area contributed by atoms with Gasteiger partial charge in [-0.15, -0.1) is 5.10 Å². The van der Waals surface area contributed by atoms with Crippen molar-refractivity contribution in [3.63, 3.8) is 0 Å². The molecule has 2 aromatic heterocycles. The molecule has 168 valence electrons. The molecule has 0 N–H and O–H groups in total. The molecule has 2 aromatic carbocycles. The van der Waals surface area contributed by atoms with Crippen molar-refractivity contribution in [2.45, 2.75) is 19.9 Å². The van der Waals surface area contributed by atoms with Crippen molar-refractivity contribution in [3.8, 4) is 5.69 Å². The molecule has 0 spiro atoms. The van der Waals surface area contributed by atoms with Gasteiger partial charge in [-0.1, -0.05) is 18.2 Å². The summed E-state index contributed by atoms with van der Waals surface area (Å²) in [6.45, 7) is 4.70. The average Bonchev–Trinajstić information content (AvgIpc) is 3.44. The number of para-hydroxylation sites is 1. The van der Waals surface area contributed by atoms with Gasteiger partial charge in [0.25, 0.3) is 11.8 Å². The monoisotopic (exact) mass is 447 g/mol. The number of aromatic nitrogens is 3. The van der Waals surface area contributed by atoms with Crippen LogP contribution in [0.3, 0.4) is 0 Å². The third kappa shape index (κ3) is 3.75. The molecule has 1 fully saturated rings. The van der Waals surface area contributed by atoms with Gasteiger partial charge in [0.1, 0.15) is 17.7 Å². The largest absolute Gasteiger partial charge is 0.451 e. The summed E-state index contributed by atoms with van der Waals surface area (Å²) in [7, 11) is 0. The number of furan rings is 1. The van der Waals surface area contributed by atoms with Gasteiger partial charge < -0.3 is 14.2 Å². The number of aryl methyl sites for hydroxylation is 1. The van der Waals surface area contributed by atoms with Crippen LogP contribution in [-0.4, -0.2) is 62.1 Å². The van der Waals surface area contributed by atoms with E-state index in [1.54, 1.807) is 27.5 Å². The summed E-state index contributed by atoms with van der Waals surface area (Å²) < 4.78 is 20.8. The average molecular weight is 447 g/mol. The second-order valence-electron chi connectivity index (χ2n) is 8.14. The molecule has 1 saturated heterocycles. The van der Waals surface area contributed by atoms with Crippen molar-refractivity contribution in [1.82, 2.24) is 24.6 Å². The lowest BCUT2D eigenvalue weighted by atomic mass is 10.1. The van der Waals surface area contributed by atoms with Crippen LogP contribution in [0.25, 0.3) is 16.7 Å². The highest BCUT2D eigenvalue weighted by Gasteiger charge is 2.34. The quantitative estimate of drug-likeness (QED) is 0.480. The number of hydrogen-bond donors (Lipinski definition) is 0. The van der Waals surface area contributed by atoms with Crippen molar-refractivity contribution in [2.75, 3.05) is 19.6 Å². The molecular weight excluding hydrogens is 425 g/mol. The number of carbonyl (C=O) groups excluding carboxylic acids is 2. The Hall–Kier alpha value is -4.01. The van der Waals surface area contributed by atoms with Gasteiger partial charge in [-0.3, -0.25) is 9.59 Å². The molecule has 8 nitrogen and oxygen atoms in total. The minimum absolute atomic E-state index is 0.112. The Morgan fingerprint density at radius 3 is 2.64 bits per heavy atom. The predicted octanol–water partition coefficient (Wildman–Crippen LogP) is 3.45. The second-order valence-corrected chi connectivity index (χ2v) is 8.14. The molecule has 0 bridgehead atoms. The molecule has 2 amide bonds. The SMILES string of the molecule is Cc1c(C(=O)N2CCN(C(=O)c3ncn(-c4ccccc4)n3)C(C)C2)oc2cc(F)ccc12. The molecule has 0 aliphatic carbocycles. The van der Waals surface area contributed by atoms with E-state index in [4.69, 9.17) is 4.42 Å². The number of carbonyl (C=O) groups is 2. The summed E-state index contributed by atoms with van der Waals surface area (Å²) in [6.07, 6.45) is 1.51. The molecule has 33 heavy (non-hydrogen) atoms. The van der Waals surface area contributed by atoms with Crippen LogP contribution in [-0.2, 0) is 0 Å². The molecule has 4 aromatic rings. The van der Waals surface area contributed by atoms with Gasteiger partial charge in [0.2, 0.25) is 5.82 Å². The van der Waals surface area contributed by atoms with Gasteiger partial charge in [-0.25, -0.2) is 14.1 Å². The van der Waals surface area contributed by atoms with Crippen molar-refractivity contribution >= 4 is 22.8 Å². The first-order chi connectivity index (χ1) is 15.9. The molecular formula is C24H22FN5O3. The van der Waals surface area contributed by atoms with E-state index >= 15 is 0 Å². The summed E-state index contributed by atoms with van der Waals surface area (Å²) in [5.41, 5.74) is 1.84. The summed E-state index contributed by atoms with van der Waals surface area (Å²) in [5.74, 6) is -0.653. The number of rotatable bonds is 3. The maximum atomic E-state index is 13.5. The fourth-order valence-electron chi connectivity index (χ4n) is 4.19. The number of hydrogen-bond acceptors (Lipinski definition) is 5. The molecule has 1 aliphatic rings. The second kappa shape index (κ2) is 8.16. The van der Waals surface area contributed by atoms with Gasteiger partial charge in [0, 0.05) is 42.7 Å². The Balaban J connectivity index is 1.30. The third-order valence-electron chi connectivity index (χ3n) is 5.97. The normalized spacial score (nSPS) is 16.4. The molecule has 1 unspecified atom stereocenters. The van der Waals surface area contributed by atoms with E-state index < -0.39 is 5.82 Å². The Kier molecular flexibility index (Phi) is 5.16. The Labute approximate surface area is 189 Å². The zero-order valence-electron chi connectivity index (χ0n) is 18.2. The summed E-state index contributed by atoms with van der Waals surface area (Å²) >= 11 is 0. The van der Waals surface area contributed by atoms with Gasteiger partial charge in [-0.2, -0.15) is 0 Å². The van der Waals surface area contributed by atoms with Crippen LogP contribution in [0.2, 0.25) is 0 Å². The minimum atomic E-state index is -0.417. The van der Waals surface area contributed by atoms with Crippen molar-refractivity contribution < 1.29 is 18.4 Å². The van der Waals surface area contributed by atoms with E-state index in [1.807, 2.05) is 37.3 Å². The van der Waals surface area contributed by atoms with Gasteiger partial charge >= 0.3 is 0 Å². The highest BCUT2D eigenvalue weighted by molar-refractivity contribution is 5.99. The van der Waals surface area contributed by atoms with Crippen LogP contribution in [0.5, 0.6) is 0 Å². The Morgan fingerprint density at radius 2 is 1.88 bits per heavy atom. The number of halogens is 1. The standard InChI is InChI=1S/C24H22FN5O3/c1-15-13-28(23(31)21-16(2)19-9-8-17(25)12-20(19)33-21)10-11-29(15)24(32)22-26-14-30(27-22)18-6-4-3-5-7-18/h3-9,12,14-15H,10-11,13H2,1-2H3. The summed E-state index contributed by atoms with van der Waals surface area (Å²) in [6, 6.07) is 13.4. The summed E-state index contributed by atoms with van der Waals surface area (Å²) in [4.78, 5) is 33.7. The van der Waals surface area contributed by atoms with E-state index in [2.05, 4.69) is 10.1 Å². The first-order valence-corrected chi connectivity index (χ1v) is 10.7. The van der Waals surface area contributed by atoms with Crippen LogP contribution in [0, 0.1) is 12.7 Å². The number of nitrogens with zero attached hydrogens (tertiary/aromatic N) is 5. The predicted molar refractivity (Wildman–Crippen MR) is 119 cm³/mol. The first kappa shape index (κ1) is 20.9. The molecule has 0 saturated carbocycles. The molecule has 1 aliphatic heterocycles. The van der Waals surface area contributed by atoms with E-state index in [0.29, 0.717) is 36.2 Å². The number of benzene rings is 2. The van der Waals surface area contributed by atoms with Gasteiger partial charge in [-0.05, 0) is 38.1 Å². The van der Waals surface area contributed by atoms with E-state index in [1.165, 1.54) is 18.5 Å². The van der Waals surface area contributed by atoms with E-state index in [9.17, 15) is 14.0 Å². The number of amides is 2. The van der Waals surface area contributed by atoms with E-state index in [-0.39, 0.29) is 29.4 Å². The first-order valence-electron chi connectivity index (χ1n) is 10.7. The van der Waals surface area contributed by atoms with Crippen LogP contribution >= 0.6 is 0 Å². The molecule has 9 heteroatoms. The lowest BCUT2D eigenvalue weighted by Gasteiger charge is -2.39. The molecule has 1 atom stereocenters. The Bertz CT molecular complexity index is 1350. The van der Waals surface area contributed by atoms with Crippen molar-refractivity contribution in [2.24, 2.45) is 0 Å². The molecule has 0 radical (unpaired) electrons. The fourth-order valence-corrected chi connectivity index (χ4v) is 4.19. The minimum Gasteiger partial charge on any atom is -0.451 e. The van der Waals surface area contributed by atoms with Crippen LogP contribution in [0.15, 0.2) is 59.3 Å². The van der Waals surface area contributed by atoms with Crippen molar-refractivity contribution in [3.05, 3.63) is 77.8 Å². The fraction of sp³-hybridized carbons (Fsp3) is 0.250. The zero-order chi connectivity index (χ0) is 23.1. The lowest BCUT2D eigenvalue weighted by molar-refractivity contribution is 0.0393. The third-order valence-corrected chi connectivity index (χ3v) is 5.97. The van der Waals surface area contributed by atoms with Gasteiger partial charge in [0.05, 0.1) is 5.69 Å². The van der Waals surface area contributed by atoms with Crippen LogP contribution < -0.4 is 0 Å². The van der Waals surface area contributed by atoms with E-state index in [0.717, 1.165) is 5.69 Å². The lowest BCUT2D eigenvalue weighted by Crippen LogP contribution is -2.55. The zero-order valence-corrected chi connectivity index (χ0v) is 18.2. The Morgan fingerprint density at radius 1 is 1.09 bits per heavy atom.